The van der Waals surface area contributed by atoms with Gasteiger partial charge in [0, 0.05) is 50.9 Å². The number of benzene rings is 1. The molecule has 0 amide bonds. The van der Waals surface area contributed by atoms with E-state index in [1.165, 1.54) is 5.56 Å². The number of methoxy groups -OCH3 is 1. The molecule has 4 nitrogen and oxygen atoms in total. The number of para-hydroxylation sites is 1. The summed E-state index contributed by atoms with van der Waals surface area (Å²) in [6.45, 7) is 12.2. The molecular weight excluding hydrogens is 288 g/mol. The molecule has 1 aliphatic heterocycles. The van der Waals surface area contributed by atoms with Crippen LogP contribution in [0.4, 0.5) is 0 Å². The second-order valence-corrected chi connectivity index (χ2v) is 7.74. The molecule has 0 radical (unpaired) electrons. The monoisotopic (exact) mass is 320 g/mol. The Morgan fingerprint density at radius 2 is 1.96 bits per heavy atom. The second-order valence-electron chi connectivity index (χ2n) is 7.74. The summed E-state index contributed by atoms with van der Waals surface area (Å²) in [5.41, 5.74) is 1.53. The van der Waals surface area contributed by atoms with Crippen LogP contribution >= 0.6 is 0 Å². The number of ether oxygens (including phenoxy) is 1. The third kappa shape index (κ3) is 5.48. The van der Waals surface area contributed by atoms with Crippen molar-refractivity contribution in [2.75, 3.05) is 39.9 Å². The van der Waals surface area contributed by atoms with E-state index in [1.54, 1.807) is 7.11 Å². The zero-order chi connectivity index (χ0) is 16.9. The van der Waals surface area contributed by atoms with E-state index in [9.17, 15) is 5.11 Å². The van der Waals surface area contributed by atoms with Crippen molar-refractivity contribution in [3.8, 4) is 5.75 Å². The number of hydrogen-bond donors (Lipinski definition) is 1. The smallest absolute Gasteiger partial charge is 0.123 e. The average Bonchev–Trinajstić information content (AvgIpc) is 2.49. The van der Waals surface area contributed by atoms with E-state index in [-0.39, 0.29) is 6.61 Å². The first-order valence-electron chi connectivity index (χ1n) is 8.62. The molecule has 0 spiro atoms. The lowest BCUT2D eigenvalue weighted by molar-refractivity contribution is 0.0337. The largest absolute Gasteiger partial charge is 0.496 e. The van der Waals surface area contributed by atoms with Gasteiger partial charge in [-0.1, -0.05) is 39.0 Å². The summed E-state index contributed by atoms with van der Waals surface area (Å²) in [7, 11) is 1.73. The van der Waals surface area contributed by atoms with Crippen LogP contribution in [0.1, 0.15) is 32.8 Å². The van der Waals surface area contributed by atoms with Crippen LogP contribution in [0.5, 0.6) is 5.75 Å². The van der Waals surface area contributed by atoms with E-state index in [1.807, 2.05) is 12.1 Å². The van der Waals surface area contributed by atoms with Crippen molar-refractivity contribution in [2.24, 2.45) is 5.41 Å². The normalized spacial score (nSPS) is 20.7. The first-order chi connectivity index (χ1) is 10.9. The molecule has 130 valence electrons. The minimum absolute atomic E-state index is 0.258. The lowest BCUT2D eigenvalue weighted by Crippen LogP contribution is -2.54. The highest BCUT2D eigenvalue weighted by Crippen LogP contribution is 2.24. The molecule has 1 aliphatic rings. The zero-order valence-corrected chi connectivity index (χ0v) is 15.1. The van der Waals surface area contributed by atoms with Crippen LogP contribution in [0, 0.1) is 5.41 Å². The lowest BCUT2D eigenvalue weighted by Gasteiger charge is -2.44. The topological polar surface area (TPSA) is 35.9 Å². The fourth-order valence-electron chi connectivity index (χ4n) is 3.42. The molecule has 1 fully saturated rings. The van der Waals surface area contributed by atoms with Gasteiger partial charge in [-0.3, -0.25) is 9.80 Å². The third-order valence-corrected chi connectivity index (χ3v) is 4.42. The fraction of sp³-hybridized carbons (Fsp3) is 0.684. The Kier molecular flexibility index (Phi) is 6.45. The summed E-state index contributed by atoms with van der Waals surface area (Å²) in [5.74, 6) is 0.961. The fourth-order valence-corrected chi connectivity index (χ4v) is 3.42. The molecule has 4 heteroatoms. The molecule has 0 bridgehead atoms. The van der Waals surface area contributed by atoms with Gasteiger partial charge in [-0.25, -0.2) is 0 Å². The highest BCUT2D eigenvalue weighted by molar-refractivity contribution is 5.33. The van der Waals surface area contributed by atoms with E-state index in [0.717, 1.165) is 44.9 Å². The van der Waals surface area contributed by atoms with E-state index in [0.29, 0.717) is 11.5 Å². The number of piperazine rings is 1. The van der Waals surface area contributed by atoms with Crippen LogP contribution < -0.4 is 4.74 Å². The van der Waals surface area contributed by atoms with E-state index < -0.39 is 0 Å². The van der Waals surface area contributed by atoms with Crippen molar-refractivity contribution in [1.29, 1.82) is 0 Å². The number of nitrogens with zero attached hydrogens (tertiary/aromatic N) is 2. The third-order valence-electron chi connectivity index (χ3n) is 4.42. The number of hydrogen-bond acceptors (Lipinski definition) is 4. The molecule has 1 aromatic rings. The van der Waals surface area contributed by atoms with E-state index >= 15 is 0 Å². The van der Waals surface area contributed by atoms with Gasteiger partial charge in [0.2, 0.25) is 0 Å². The molecule has 1 atom stereocenters. The van der Waals surface area contributed by atoms with Crippen molar-refractivity contribution >= 4 is 0 Å². The summed E-state index contributed by atoms with van der Waals surface area (Å²) in [6.07, 6.45) is 0.846. The molecular formula is C19H32N2O2. The molecule has 0 unspecified atom stereocenters. The number of rotatable bonds is 6. The van der Waals surface area contributed by atoms with Gasteiger partial charge in [0.15, 0.2) is 0 Å². The van der Waals surface area contributed by atoms with Crippen LogP contribution in [0.3, 0.4) is 0 Å². The van der Waals surface area contributed by atoms with E-state index in [2.05, 4.69) is 42.7 Å². The van der Waals surface area contributed by atoms with Crippen molar-refractivity contribution in [2.45, 2.75) is 39.8 Å². The van der Waals surface area contributed by atoms with Crippen LogP contribution in [-0.2, 0) is 6.54 Å². The maximum atomic E-state index is 9.43. The molecule has 1 saturated heterocycles. The lowest BCUT2D eigenvalue weighted by atomic mass is 9.94. The predicted octanol–water partition coefficient (Wildman–Crippen LogP) is 2.61. The van der Waals surface area contributed by atoms with Crippen molar-refractivity contribution < 1.29 is 9.84 Å². The average molecular weight is 320 g/mol. The van der Waals surface area contributed by atoms with Gasteiger partial charge in [0.05, 0.1) is 7.11 Å². The molecule has 0 aliphatic carbocycles. The van der Waals surface area contributed by atoms with Crippen LogP contribution in [0.15, 0.2) is 24.3 Å². The summed E-state index contributed by atoms with van der Waals surface area (Å²) >= 11 is 0. The van der Waals surface area contributed by atoms with E-state index in [4.69, 9.17) is 4.74 Å². The van der Waals surface area contributed by atoms with Gasteiger partial charge >= 0.3 is 0 Å². The molecule has 1 heterocycles. The van der Waals surface area contributed by atoms with Gasteiger partial charge in [-0.05, 0) is 17.9 Å². The van der Waals surface area contributed by atoms with Gasteiger partial charge in [0.1, 0.15) is 5.75 Å². The predicted molar refractivity (Wildman–Crippen MR) is 94.8 cm³/mol. The standard InChI is InChI=1S/C19H32N2O2/c1-19(2,3)15-21-11-10-20(14-17(21)9-12-22)13-16-7-5-6-8-18(16)23-4/h5-8,17,22H,9-15H2,1-4H3/t17-/m1/s1. The van der Waals surface area contributed by atoms with Crippen molar-refractivity contribution in [3.05, 3.63) is 29.8 Å². The molecule has 2 rings (SSSR count). The van der Waals surface area contributed by atoms with Crippen molar-refractivity contribution in [3.63, 3.8) is 0 Å². The van der Waals surface area contributed by atoms with Gasteiger partial charge in [-0.15, -0.1) is 0 Å². The summed E-state index contributed by atoms with van der Waals surface area (Å²) in [4.78, 5) is 5.03. The SMILES string of the molecule is COc1ccccc1CN1CCN(CC(C)(C)C)[C@H](CCO)C1. The number of aliphatic hydroxyl groups is 1. The molecule has 1 aromatic carbocycles. The first kappa shape index (κ1) is 18.2. The Bertz CT molecular complexity index is 485. The van der Waals surface area contributed by atoms with Crippen LogP contribution in [0.2, 0.25) is 0 Å². The second kappa shape index (κ2) is 8.13. The van der Waals surface area contributed by atoms with Gasteiger partial charge in [0.25, 0.3) is 0 Å². The highest BCUT2D eigenvalue weighted by atomic mass is 16.5. The Morgan fingerprint density at radius 3 is 2.61 bits per heavy atom. The minimum atomic E-state index is 0.258. The Morgan fingerprint density at radius 1 is 1.22 bits per heavy atom. The van der Waals surface area contributed by atoms with Gasteiger partial charge in [-0.2, -0.15) is 0 Å². The first-order valence-corrected chi connectivity index (χ1v) is 8.62. The maximum absolute atomic E-state index is 9.43. The molecule has 0 aromatic heterocycles. The Labute approximate surface area is 141 Å². The van der Waals surface area contributed by atoms with Crippen LogP contribution in [-0.4, -0.2) is 60.8 Å². The van der Waals surface area contributed by atoms with Crippen molar-refractivity contribution in [1.82, 2.24) is 9.80 Å². The molecule has 1 N–H and O–H groups in total. The number of aliphatic hydroxyl groups excluding tert-OH is 1. The summed E-state index contributed by atoms with van der Waals surface area (Å²) < 4.78 is 5.47. The summed E-state index contributed by atoms with van der Waals surface area (Å²) in [6, 6.07) is 8.68. The molecule has 23 heavy (non-hydrogen) atoms. The Balaban J connectivity index is 2.01. The summed E-state index contributed by atoms with van der Waals surface area (Å²) in [5, 5.41) is 9.43. The quantitative estimate of drug-likeness (QED) is 0.874. The minimum Gasteiger partial charge on any atom is -0.496 e. The van der Waals surface area contributed by atoms with Gasteiger partial charge < -0.3 is 9.84 Å². The molecule has 0 saturated carbocycles. The Hall–Kier alpha value is -1.10. The zero-order valence-electron chi connectivity index (χ0n) is 15.1. The van der Waals surface area contributed by atoms with Crippen LogP contribution in [0.25, 0.3) is 0 Å². The maximum Gasteiger partial charge on any atom is 0.123 e. The highest BCUT2D eigenvalue weighted by Gasteiger charge is 2.29.